The monoisotopic (exact) mass is 237 g/mol. The van der Waals surface area contributed by atoms with E-state index in [1.165, 1.54) is 6.07 Å². The lowest BCUT2D eigenvalue weighted by Crippen LogP contribution is -2.12. The second kappa shape index (κ2) is 5.05. The quantitative estimate of drug-likeness (QED) is 0.773. The van der Waals surface area contributed by atoms with Gasteiger partial charge in [0.1, 0.15) is 5.75 Å². The van der Waals surface area contributed by atoms with Crippen molar-refractivity contribution >= 4 is 11.7 Å². The van der Waals surface area contributed by atoms with Gasteiger partial charge in [-0.05, 0) is 24.6 Å². The Balaban J connectivity index is 2.00. The highest BCUT2D eigenvalue weighted by molar-refractivity contribution is 5.94. The van der Waals surface area contributed by atoms with E-state index < -0.39 is 5.97 Å². The molecule has 1 saturated heterocycles. The van der Waals surface area contributed by atoms with E-state index in [1.54, 1.807) is 12.1 Å². The van der Waals surface area contributed by atoms with Crippen LogP contribution in [0.5, 0.6) is 5.75 Å². The molecule has 1 fully saturated rings. The third-order valence-corrected chi connectivity index (χ3v) is 2.76. The molecule has 1 heterocycles. The molecule has 1 aliphatic heterocycles. The van der Waals surface area contributed by atoms with Crippen molar-refractivity contribution in [1.82, 2.24) is 0 Å². The van der Waals surface area contributed by atoms with Gasteiger partial charge in [0.05, 0.1) is 18.8 Å². The molecule has 0 saturated carbocycles. The second-order valence-electron chi connectivity index (χ2n) is 4.09. The van der Waals surface area contributed by atoms with Gasteiger partial charge >= 0.3 is 5.97 Å². The van der Waals surface area contributed by atoms with Crippen LogP contribution in [0.1, 0.15) is 16.8 Å². The van der Waals surface area contributed by atoms with E-state index in [1.807, 2.05) is 0 Å². The molecular weight excluding hydrogens is 222 g/mol. The van der Waals surface area contributed by atoms with Crippen molar-refractivity contribution in [3.63, 3.8) is 0 Å². The SMILES string of the molecule is Nc1ccc(OCC2CCOC2)cc1C(=O)O. The highest BCUT2D eigenvalue weighted by atomic mass is 16.5. The van der Waals surface area contributed by atoms with E-state index >= 15 is 0 Å². The fraction of sp³-hybridized carbons (Fsp3) is 0.417. The maximum Gasteiger partial charge on any atom is 0.337 e. The minimum Gasteiger partial charge on any atom is -0.493 e. The van der Waals surface area contributed by atoms with Crippen molar-refractivity contribution in [3.8, 4) is 5.75 Å². The highest BCUT2D eigenvalue weighted by Gasteiger charge is 2.16. The molecule has 1 aliphatic rings. The predicted octanol–water partition coefficient (Wildman–Crippen LogP) is 1.38. The van der Waals surface area contributed by atoms with Crippen LogP contribution in [0.4, 0.5) is 5.69 Å². The largest absolute Gasteiger partial charge is 0.493 e. The fourth-order valence-corrected chi connectivity index (χ4v) is 1.74. The zero-order chi connectivity index (χ0) is 12.3. The maximum absolute atomic E-state index is 10.9. The summed E-state index contributed by atoms with van der Waals surface area (Å²) in [6.45, 7) is 2.03. The normalized spacial score (nSPS) is 19.2. The molecule has 1 aromatic rings. The summed E-state index contributed by atoms with van der Waals surface area (Å²) in [6.07, 6.45) is 0.987. The van der Waals surface area contributed by atoms with Gasteiger partial charge in [0.15, 0.2) is 0 Å². The molecule has 0 aliphatic carbocycles. The summed E-state index contributed by atoms with van der Waals surface area (Å²) in [4.78, 5) is 10.9. The van der Waals surface area contributed by atoms with Gasteiger partial charge in [-0.25, -0.2) is 4.79 Å². The molecule has 1 aromatic carbocycles. The molecule has 3 N–H and O–H groups in total. The number of benzene rings is 1. The van der Waals surface area contributed by atoms with Crippen molar-refractivity contribution in [2.24, 2.45) is 5.92 Å². The van der Waals surface area contributed by atoms with Gasteiger partial charge in [-0.2, -0.15) is 0 Å². The lowest BCUT2D eigenvalue weighted by atomic mass is 10.1. The first kappa shape index (κ1) is 11.7. The molecule has 17 heavy (non-hydrogen) atoms. The molecule has 5 heteroatoms. The topological polar surface area (TPSA) is 81.8 Å². The number of aromatic carboxylic acids is 1. The Hall–Kier alpha value is -1.75. The van der Waals surface area contributed by atoms with Crippen molar-refractivity contribution in [2.75, 3.05) is 25.6 Å². The third-order valence-electron chi connectivity index (χ3n) is 2.76. The van der Waals surface area contributed by atoms with Gasteiger partial charge in [0.2, 0.25) is 0 Å². The number of ether oxygens (including phenoxy) is 2. The molecule has 2 rings (SSSR count). The van der Waals surface area contributed by atoms with Gasteiger partial charge < -0.3 is 20.3 Å². The fourth-order valence-electron chi connectivity index (χ4n) is 1.74. The Morgan fingerprint density at radius 2 is 2.41 bits per heavy atom. The standard InChI is InChI=1S/C12H15NO4/c13-11-2-1-9(5-10(11)12(14)15)17-7-8-3-4-16-6-8/h1-2,5,8H,3-4,6-7,13H2,(H,14,15). The first-order chi connectivity index (χ1) is 8.16. The molecule has 92 valence electrons. The number of hydrogen-bond donors (Lipinski definition) is 2. The third kappa shape index (κ3) is 2.88. The van der Waals surface area contributed by atoms with Crippen LogP contribution in [0, 0.1) is 5.92 Å². The minimum absolute atomic E-state index is 0.0742. The Morgan fingerprint density at radius 1 is 1.59 bits per heavy atom. The molecule has 1 unspecified atom stereocenters. The number of hydrogen-bond acceptors (Lipinski definition) is 4. The van der Waals surface area contributed by atoms with E-state index in [2.05, 4.69) is 0 Å². The average Bonchev–Trinajstić information content (AvgIpc) is 2.80. The van der Waals surface area contributed by atoms with Gasteiger partial charge in [-0.15, -0.1) is 0 Å². The summed E-state index contributed by atoms with van der Waals surface area (Å²) in [5.74, 6) is -0.124. The van der Waals surface area contributed by atoms with Crippen molar-refractivity contribution in [1.29, 1.82) is 0 Å². The van der Waals surface area contributed by atoms with Gasteiger partial charge in [-0.3, -0.25) is 0 Å². The predicted molar refractivity (Wildman–Crippen MR) is 62.2 cm³/mol. The van der Waals surface area contributed by atoms with Crippen LogP contribution in [0.15, 0.2) is 18.2 Å². The second-order valence-corrected chi connectivity index (χ2v) is 4.09. The summed E-state index contributed by atoms with van der Waals surface area (Å²) in [7, 11) is 0. The highest BCUT2D eigenvalue weighted by Crippen LogP contribution is 2.21. The van der Waals surface area contributed by atoms with Crippen LogP contribution in [0.2, 0.25) is 0 Å². The number of carbonyl (C=O) groups is 1. The van der Waals surface area contributed by atoms with Gasteiger partial charge in [0, 0.05) is 18.2 Å². The Morgan fingerprint density at radius 3 is 3.06 bits per heavy atom. The molecule has 0 spiro atoms. The van der Waals surface area contributed by atoms with E-state index in [0.29, 0.717) is 24.9 Å². The molecule has 0 bridgehead atoms. The van der Waals surface area contributed by atoms with Crippen LogP contribution in [-0.4, -0.2) is 30.9 Å². The first-order valence-electron chi connectivity index (χ1n) is 5.50. The number of nitrogen functional groups attached to an aromatic ring is 1. The van der Waals surface area contributed by atoms with Crippen LogP contribution < -0.4 is 10.5 Å². The zero-order valence-electron chi connectivity index (χ0n) is 9.39. The number of rotatable bonds is 4. The molecule has 5 nitrogen and oxygen atoms in total. The van der Waals surface area contributed by atoms with E-state index in [0.717, 1.165) is 13.0 Å². The summed E-state index contributed by atoms with van der Waals surface area (Å²) in [5.41, 5.74) is 5.87. The van der Waals surface area contributed by atoms with Crippen molar-refractivity contribution in [2.45, 2.75) is 6.42 Å². The minimum atomic E-state index is -1.04. The first-order valence-corrected chi connectivity index (χ1v) is 5.50. The van der Waals surface area contributed by atoms with Crippen LogP contribution in [-0.2, 0) is 4.74 Å². The smallest absolute Gasteiger partial charge is 0.337 e. The van der Waals surface area contributed by atoms with E-state index in [9.17, 15) is 4.79 Å². The number of carboxylic acids is 1. The Labute approximate surface area is 99.1 Å². The van der Waals surface area contributed by atoms with Crippen molar-refractivity contribution < 1.29 is 19.4 Å². The van der Waals surface area contributed by atoms with Crippen LogP contribution in [0.25, 0.3) is 0 Å². The lowest BCUT2D eigenvalue weighted by Gasteiger charge is -2.11. The summed E-state index contributed by atoms with van der Waals surface area (Å²) >= 11 is 0. The molecule has 0 amide bonds. The zero-order valence-corrected chi connectivity index (χ0v) is 9.39. The molecule has 0 radical (unpaired) electrons. The number of carboxylic acid groups (broad SMARTS) is 1. The van der Waals surface area contributed by atoms with Crippen molar-refractivity contribution in [3.05, 3.63) is 23.8 Å². The summed E-state index contributed by atoms with van der Waals surface area (Å²) in [6, 6.07) is 4.68. The van der Waals surface area contributed by atoms with Crippen LogP contribution in [0.3, 0.4) is 0 Å². The van der Waals surface area contributed by atoms with Gasteiger partial charge in [0.25, 0.3) is 0 Å². The maximum atomic E-state index is 10.9. The Kier molecular flexibility index (Phi) is 3.49. The van der Waals surface area contributed by atoms with Gasteiger partial charge in [-0.1, -0.05) is 0 Å². The van der Waals surface area contributed by atoms with E-state index in [-0.39, 0.29) is 11.3 Å². The lowest BCUT2D eigenvalue weighted by molar-refractivity contribution is 0.0697. The number of nitrogens with two attached hydrogens (primary N) is 1. The van der Waals surface area contributed by atoms with E-state index in [4.69, 9.17) is 20.3 Å². The Bertz CT molecular complexity index is 413. The average molecular weight is 237 g/mol. The molecular formula is C12H15NO4. The summed E-state index contributed by atoms with van der Waals surface area (Å²) < 4.78 is 10.8. The summed E-state index contributed by atoms with van der Waals surface area (Å²) in [5, 5.41) is 8.91. The number of anilines is 1. The molecule has 1 atom stereocenters. The molecule has 0 aromatic heterocycles. The van der Waals surface area contributed by atoms with Crippen LogP contribution >= 0.6 is 0 Å².